The van der Waals surface area contributed by atoms with Crippen molar-refractivity contribution in [2.24, 2.45) is 0 Å². The minimum atomic E-state index is -0.599. The number of benzene rings is 2. The molecule has 0 amide bonds. The molecule has 2 aromatic rings. The summed E-state index contributed by atoms with van der Waals surface area (Å²) in [4.78, 5) is 12.4. The largest absolute Gasteiger partial charge is 0.368 e. The van der Waals surface area contributed by atoms with Gasteiger partial charge in [0.15, 0.2) is 5.78 Å². The third kappa shape index (κ3) is 4.29. The lowest BCUT2D eigenvalue weighted by molar-refractivity contribution is -0.181. The first-order valence-corrected chi connectivity index (χ1v) is 8.20. The van der Waals surface area contributed by atoms with Crippen LogP contribution in [-0.2, 0) is 32.2 Å². The standard InChI is InChI=1S/C20H22O4/c1-15-19(21)20(24-13-17-10-6-3-7-11-17)18(14-22-15)23-12-16-8-4-2-5-9-16/h2-11,15,18,20H,12-14H2,1H3/t15?,18?,20-/m1/s1. The summed E-state index contributed by atoms with van der Waals surface area (Å²) in [7, 11) is 0. The number of ether oxygens (including phenoxy) is 3. The number of Topliss-reactive ketones (excluding diaryl/α,β-unsaturated/α-hetero) is 1. The number of hydrogen-bond acceptors (Lipinski definition) is 4. The summed E-state index contributed by atoms with van der Waals surface area (Å²) in [6.07, 6.45) is -1.45. The summed E-state index contributed by atoms with van der Waals surface area (Å²) in [5, 5.41) is 0. The van der Waals surface area contributed by atoms with Crippen LogP contribution in [0.5, 0.6) is 0 Å². The van der Waals surface area contributed by atoms with E-state index in [2.05, 4.69) is 0 Å². The molecule has 4 nitrogen and oxygen atoms in total. The van der Waals surface area contributed by atoms with Gasteiger partial charge in [0.1, 0.15) is 18.3 Å². The highest BCUT2D eigenvalue weighted by molar-refractivity contribution is 5.88. The van der Waals surface area contributed by atoms with Gasteiger partial charge in [0.25, 0.3) is 0 Å². The highest BCUT2D eigenvalue weighted by atomic mass is 16.6. The Bertz CT molecular complexity index is 641. The second-order valence-corrected chi connectivity index (χ2v) is 5.93. The van der Waals surface area contributed by atoms with Crippen LogP contribution in [0, 0.1) is 0 Å². The Labute approximate surface area is 142 Å². The van der Waals surface area contributed by atoms with Crippen molar-refractivity contribution in [2.75, 3.05) is 6.61 Å². The van der Waals surface area contributed by atoms with Crippen LogP contribution in [-0.4, -0.2) is 30.7 Å². The fourth-order valence-corrected chi connectivity index (χ4v) is 2.69. The maximum Gasteiger partial charge on any atom is 0.192 e. The van der Waals surface area contributed by atoms with Crippen LogP contribution in [0.25, 0.3) is 0 Å². The lowest BCUT2D eigenvalue weighted by atomic mass is 10.0. The molecule has 24 heavy (non-hydrogen) atoms. The fraction of sp³-hybridized carbons (Fsp3) is 0.350. The van der Waals surface area contributed by atoms with E-state index >= 15 is 0 Å². The van der Waals surface area contributed by atoms with E-state index in [1.807, 2.05) is 60.7 Å². The van der Waals surface area contributed by atoms with E-state index in [0.29, 0.717) is 19.8 Å². The Kier molecular flexibility index (Phi) is 5.75. The van der Waals surface area contributed by atoms with Crippen molar-refractivity contribution in [3.8, 4) is 0 Å². The molecule has 0 bridgehead atoms. The number of hydrogen-bond donors (Lipinski definition) is 0. The highest BCUT2D eigenvalue weighted by Crippen LogP contribution is 2.20. The molecule has 1 heterocycles. The first-order chi connectivity index (χ1) is 11.7. The molecular formula is C20H22O4. The van der Waals surface area contributed by atoms with Crippen LogP contribution < -0.4 is 0 Å². The molecule has 0 spiro atoms. The third-order valence-electron chi connectivity index (χ3n) is 4.11. The quantitative estimate of drug-likeness (QED) is 0.818. The van der Waals surface area contributed by atoms with Gasteiger partial charge in [0, 0.05) is 0 Å². The van der Waals surface area contributed by atoms with Gasteiger partial charge < -0.3 is 14.2 Å². The first kappa shape index (κ1) is 16.8. The predicted octanol–water partition coefficient (Wildman–Crippen LogP) is 3.15. The Morgan fingerprint density at radius 3 is 2.04 bits per heavy atom. The van der Waals surface area contributed by atoms with E-state index in [9.17, 15) is 4.79 Å². The number of rotatable bonds is 6. The Balaban J connectivity index is 1.63. The van der Waals surface area contributed by atoms with Crippen molar-refractivity contribution in [3.63, 3.8) is 0 Å². The van der Waals surface area contributed by atoms with E-state index in [1.165, 1.54) is 0 Å². The lowest BCUT2D eigenvalue weighted by Gasteiger charge is -2.33. The van der Waals surface area contributed by atoms with Crippen molar-refractivity contribution in [1.82, 2.24) is 0 Å². The van der Waals surface area contributed by atoms with E-state index in [1.54, 1.807) is 6.92 Å². The van der Waals surface area contributed by atoms with Crippen molar-refractivity contribution in [2.45, 2.75) is 38.4 Å². The van der Waals surface area contributed by atoms with Crippen molar-refractivity contribution < 1.29 is 19.0 Å². The van der Waals surface area contributed by atoms with Gasteiger partial charge >= 0.3 is 0 Å². The molecule has 1 saturated heterocycles. The van der Waals surface area contributed by atoms with E-state index in [-0.39, 0.29) is 5.78 Å². The molecule has 1 fully saturated rings. The average Bonchev–Trinajstić information content (AvgIpc) is 2.63. The van der Waals surface area contributed by atoms with Gasteiger partial charge in [-0.25, -0.2) is 0 Å². The molecule has 3 rings (SSSR count). The molecular weight excluding hydrogens is 304 g/mol. The average molecular weight is 326 g/mol. The summed E-state index contributed by atoms with van der Waals surface area (Å²) in [6.45, 7) is 2.94. The predicted molar refractivity (Wildman–Crippen MR) is 90.5 cm³/mol. The maximum atomic E-state index is 12.4. The minimum absolute atomic E-state index is 0.0600. The molecule has 0 saturated carbocycles. The second-order valence-electron chi connectivity index (χ2n) is 5.93. The Hall–Kier alpha value is -2.01. The molecule has 0 radical (unpaired) electrons. The normalized spacial score (nSPS) is 24.0. The Morgan fingerprint density at radius 2 is 1.46 bits per heavy atom. The molecule has 1 aliphatic rings. The zero-order valence-electron chi connectivity index (χ0n) is 13.8. The van der Waals surface area contributed by atoms with Crippen LogP contribution >= 0.6 is 0 Å². The van der Waals surface area contributed by atoms with E-state index in [0.717, 1.165) is 11.1 Å². The number of carbonyl (C=O) groups is 1. The second kappa shape index (κ2) is 8.20. The monoisotopic (exact) mass is 326 g/mol. The number of ketones is 1. The van der Waals surface area contributed by atoms with Gasteiger partial charge in [-0.05, 0) is 18.1 Å². The maximum absolute atomic E-state index is 12.4. The first-order valence-electron chi connectivity index (χ1n) is 8.20. The molecule has 0 aliphatic carbocycles. The number of carbonyl (C=O) groups excluding carboxylic acids is 1. The van der Waals surface area contributed by atoms with E-state index in [4.69, 9.17) is 14.2 Å². The van der Waals surface area contributed by atoms with Gasteiger partial charge in [0.05, 0.1) is 19.8 Å². The smallest absolute Gasteiger partial charge is 0.192 e. The molecule has 4 heteroatoms. The molecule has 2 aromatic carbocycles. The summed E-state index contributed by atoms with van der Waals surface area (Å²) in [5.74, 6) is -0.0600. The minimum Gasteiger partial charge on any atom is -0.368 e. The summed E-state index contributed by atoms with van der Waals surface area (Å²) < 4.78 is 17.3. The van der Waals surface area contributed by atoms with Gasteiger partial charge in [-0.3, -0.25) is 4.79 Å². The summed E-state index contributed by atoms with van der Waals surface area (Å²) >= 11 is 0. The molecule has 0 aromatic heterocycles. The van der Waals surface area contributed by atoms with Crippen LogP contribution in [0.1, 0.15) is 18.1 Å². The van der Waals surface area contributed by atoms with Crippen LogP contribution in [0.4, 0.5) is 0 Å². The van der Waals surface area contributed by atoms with Crippen LogP contribution in [0.2, 0.25) is 0 Å². The van der Waals surface area contributed by atoms with Gasteiger partial charge in [-0.2, -0.15) is 0 Å². The van der Waals surface area contributed by atoms with Gasteiger partial charge in [0.2, 0.25) is 0 Å². The topological polar surface area (TPSA) is 44.8 Å². The van der Waals surface area contributed by atoms with E-state index < -0.39 is 18.3 Å². The zero-order chi connectivity index (χ0) is 16.8. The van der Waals surface area contributed by atoms with Crippen LogP contribution in [0.3, 0.4) is 0 Å². The van der Waals surface area contributed by atoms with Crippen molar-refractivity contribution in [1.29, 1.82) is 0 Å². The van der Waals surface area contributed by atoms with Crippen molar-refractivity contribution in [3.05, 3.63) is 71.8 Å². The highest BCUT2D eigenvalue weighted by Gasteiger charge is 2.38. The Morgan fingerprint density at radius 1 is 0.917 bits per heavy atom. The van der Waals surface area contributed by atoms with Crippen LogP contribution in [0.15, 0.2) is 60.7 Å². The molecule has 1 aliphatic heterocycles. The third-order valence-corrected chi connectivity index (χ3v) is 4.11. The SMILES string of the molecule is CC1OCC(OCc2ccccc2)[C@@H](OCc2ccccc2)C1=O. The summed E-state index contributed by atoms with van der Waals surface area (Å²) in [5.41, 5.74) is 2.09. The summed E-state index contributed by atoms with van der Waals surface area (Å²) in [6, 6.07) is 19.7. The molecule has 126 valence electrons. The molecule has 3 atom stereocenters. The van der Waals surface area contributed by atoms with Gasteiger partial charge in [-0.1, -0.05) is 60.7 Å². The van der Waals surface area contributed by atoms with Crippen molar-refractivity contribution >= 4 is 5.78 Å². The molecule has 0 N–H and O–H groups in total. The molecule has 2 unspecified atom stereocenters. The lowest BCUT2D eigenvalue weighted by Crippen LogP contribution is -2.51. The zero-order valence-corrected chi connectivity index (χ0v) is 13.8. The van der Waals surface area contributed by atoms with Gasteiger partial charge in [-0.15, -0.1) is 0 Å². The fourth-order valence-electron chi connectivity index (χ4n) is 2.69.